The smallest absolute Gasteiger partial charge is 0.317 e. The largest absolute Gasteiger partial charge is 0.378 e. The zero-order valence-corrected chi connectivity index (χ0v) is 18.7. The highest BCUT2D eigenvalue weighted by molar-refractivity contribution is 5.94. The van der Waals surface area contributed by atoms with E-state index in [-0.39, 0.29) is 11.9 Å². The van der Waals surface area contributed by atoms with Gasteiger partial charge in [-0.2, -0.15) is 0 Å². The Labute approximate surface area is 190 Å². The lowest BCUT2D eigenvalue weighted by molar-refractivity contribution is 0.0303. The number of hydrogen-bond acceptors (Lipinski definition) is 3. The minimum absolute atomic E-state index is 0.0466. The van der Waals surface area contributed by atoms with Crippen molar-refractivity contribution < 1.29 is 14.3 Å². The van der Waals surface area contributed by atoms with E-state index in [9.17, 15) is 9.59 Å². The fourth-order valence-electron chi connectivity index (χ4n) is 4.48. The number of nitrogens with zero attached hydrogens (tertiary/aromatic N) is 2. The van der Waals surface area contributed by atoms with Crippen LogP contribution >= 0.6 is 0 Å². The molecule has 2 saturated heterocycles. The second-order valence-electron chi connectivity index (χ2n) is 8.70. The van der Waals surface area contributed by atoms with Gasteiger partial charge in [-0.3, -0.25) is 4.79 Å². The molecule has 2 aromatic carbocycles. The molecule has 170 valence electrons. The van der Waals surface area contributed by atoms with Crippen molar-refractivity contribution in [3.63, 3.8) is 0 Å². The van der Waals surface area contributed by atoms with E-state index in [2.05, 4.69) is 29.6 Å². The van der Waals surface area contributed by atoms with Crippen LogP contribution in [0.25, 0.3) is 0 Å². The Hall–Kier alpha value is -2.86. The van der Waals surface area contributed by atoms with Crippen LogP contribution in [-0.2, 0) is 17.6 Å². The van der Waals surface area contributed by atoms with E-state index >= 15 is 0 Å². The van der Waals surface area contributed by atoms with Gasteiger partial charge in [-0.05, 0) is 54.9 Å². The molecule has 0 unspecified atom stereocenters. The number of carbonyl (C=O) groups is 2. The summed E-state index contributed by atoms with van der Waals surface area (Å²) in [5, 5.41) is 3.05. The number of ether oxygens (including phenoxy) is 1. The third kappa shape index (κ3) is 6.10. The molecule has 6 heteroatoms. The van der Waals surface area contributed by atoms with Crippen LogP contribution in [-0.4, -0.2) is 67.7 Å². The lowest BCUT2D eigenvalue weighted by Crippen LogP contribution is -2.45. The highest BCUT2D eigenvalue weighted by Gasteiger charge is 2.23. The van der Waals surface area contributed by atoms with Crippen molar-refractivity contribution in [1.82, 2.24) is 15.1 Å². The molecule has 0 aliphatic carbocycles. The Bertz CT molecular complexity index is 871. The average Bonchev–Trinajstić information content (AvgIpc) is 2.86. The van der Waals surface area contributed by atoms with E-state index in [0.29, 0.717) is 38.8 Å². The molecule has 1 N–H and O–H groups in total. The van der Waals surface area contributed by atoms with Crippen molar-refractivity contribution >= 4 is 11.9 Å². The molecular weight excluding hydrogens is 402 g/mol. The summed E-state index contributed by atoms with van der Waals surface area (Å²) >= 11 is 0. The summed E-state index contributed by atoms with van der Waals surface area (Å²) in [5.41, 5.74) is 3.25. The van der Waals surface area contributed by atoms with Crippen LogP contribution in [0.5, 0.6) is 0 Å². The molecule has 3 amide bonds. The minimum Gasteiger partial charge on any atom is -0.378 e. The number of urea groups is 1. The summed E-state index contributed by atoms with van der Waals surface area (Å²) in [6.07, 6.45) is 3.88. The molecular formula is C26H33N3O3. The predicted molar refractivity (Wildman–Crippen MR) is 125 cm³/mol. The summed E-state index contributed by atoms with van der Waals surface area (Å²) in [6, 6.07) is 18.3. The van der Waals surface area contributed by atoms with Crippen molar-refractivity contribution in [2.75, 3.05) is 45.9 Å². The third-order valence-corrected chi connectivity index (χ3v) is 6.46. The minimum atomic E-state index is 0.0466. The molecule has 2 fully saturated rings. The lowest BCUT2D eigenvalue weighted by Gasteiger charge is -2.32. The first-order valence-electron chi connectivity index (χ1n) is 11.7. The number of piperidine rings is 1. The maximum absolute atomic E-state index is 12.6. The molecule has 0 bridgehead atoms. The maximum Gasteiger partial charge on any atom is 0.317 e. The van der Waals surface area contributed by atoms with E-state index < -0.39 is 0 Å². The van der Waals surface area contributed by atoms with Gasteiger partial charge in [-0.15, -0.1) is 0 Å². The van der Waals surface area contributed by atoms with Gasteiger partial charge in [-0.25, -0.2) is 4.79 Å². The van der Waals surface area contributed by atoms with Gasteiger partial charge in [0.1, 0.15) is 0 Å². The van der Waals surface area contributed by atoms with Crippen molar-refractivity contribution in [2.24, 2.45) is 5.92 Å². The summed E-state index contributed by atoms with van der Waals surface area (Å²) in [6.45, 7) is 4.84. The number of likely N-dealkylation sites (tertiary alicyclic amines) is 1. The number of rotatable bonds is 6. The molecule has 0 radical (unpaired) electrons. The molecule has 0 spiro atoms. The van der Waals surface area contributed by atoms with Crippen molar-refractivity contribution in [2.45, 2.75) is 25.7 Å². The van der Waals surface area contributed by atoms with Gasteiger partial charge in [0, 0.05) is 38.3 Å². The van der Waals surface area contributed by atoms with Gasteiger partial charge in [0.2, 0.25) is 0 Å². The van der Waals surface area contributed by atoms with Gasteiger partial charge in [0.25, 0.3) is 5.91 Å². The molecule has 2 aliphatic heterocycles. The molecule has 0 atom stereocenters. The van der Waals surface area contributed by atoms with E-state index in [1.165, 1.54) is 11.1 Å². The first kappa shape index (κ1) is 22.3. The fourth-order valence-corrected chi connectivity index (χ4v) is 4.48. The van der Waals surface area contributed by atoms with E-state index in [0.717, 1.165) is 44.3 Å². The topological polar surface area (TPSA) is 61.9 Å². The molecule has 2 heterocycles. The number of morpholine rings is 1. The number of carbonyl (C=O) groups excluding carboxylic acids is 2. The predicted octanol–water partition coefficient (Wildman–Crippen LogP) is 3.37. The summed E-state index contributed by atoms with van der Waals surface area (Å²) < 4.78 is 5.33. The Morgan fingerprint density at radius 2 is 1.53 bits per heavy atom. The Morgan fingerprint density at radius 3 is 2.22 bits per heavy atom. The Kier molecular flexibility index (Phi) is 7.77. The number of amides is 3. The molecule has 0 aromatic heterocycles. The molecule has 2 aromatic rings. The molecule has 0 saturated carbocycles. The van der Waals surface area contributed by atoms with Gasteiger partial charge in [0.15, 0.2) is 0 Å². The van der Waals surface area contributed by atoms with Crippen LogP contribution in [0.2, 0.25) is 0 Å². The van der Waals surface area contributed by atoms with E-state index in [4.69, 9.17) is 4.74 Å². The van der Waals surface area contributed by atoms with E-state index in [1.54, 1.807) is 0 Å². The standard InChI is InChI=1S/C26H33N3O3/c30-25(28-16-18-32-19-17-28)24-8-6-22(7-9-24)20-23-11-14-29(15-12-23)26(31)27-13-10-21-4-2-1-3-5-21/h1-9,23H,10-20H2,(H,27,31). The van der Waals surface area contributed by atoms with Crippen LogP contribution in [0.15, 0.2) is 54.6 Å². The van der Waals surface area contributed by atoms with Crippen LogP contribution in [0, 0.1) is 5.92 Å². The number of hydrogen-bond donors (Lipinski definition) is 1. The third-order valence-electron chi connectivity index (χ3n) is 6.46. The average molecular weight is 436 g/mol. The second kappa shape index (κ2) is 11.1. The van der Waals surface area contributed by atoms with Crippen LogP contribution in [0.4, 0.5) is 4.79 Å². The summed E-state index contributed by atoms with van der Waals surface area (Å²) in [5.74, 6) is 0.663. The number of benzene rings is 2. The second-order valence-corrected chi connectivity index (χ2v) is 8.70. The van der Waals surface area contributed by atoms with Crippen LogP contribution in [0.1, 0.15) is 34.3 Å². The highest BCUT2D eigenvalue weighted by Crippen LogP contribution is 2.22. The van der Waals surface area contributed by atoms with Crippen molar-refractivity contribution in [3.05, 3.63) is 71.3 Å². The van der Waals surface area contributed by atoms with Crippen molar-refractivity contribution in [3.8, 4) is 0 Å². The summed E-state index contributed by atoms with van der Waals surface area (Å²) in [4.78, 5) is 28.8. The first-order valence-corrected chi connectivity index (χ1v) is 11.7. The van der Waals surface area contributed by atoms with Gasteiger partial charge >= 0.3 is 6.03 Å². The SMILES string of the molecule is O=C(NCCc1ccccc1)N1CCC(Cc2ccc(C(=O)N3CCOCC3)cc2)CC1. The molecule has 4 rings (SSSR count). The van der Waals surface area contributed by atoms with Crippen LogP contribution < -0.4 is 5.32 Å². The van der Waals surface area contributed by atoms with Gasteiger partial charge in [-0.1, -0.05) is 42.5 Å². The fraction of sp³-hybridized carbons (Fsp3) is 0.462. The Morgan fingerprint density at radius 1 is 0.844 bits per heavy atom. The van der Waals surface area contributed by atoms with E-state index in [1.807, 2.05) is 40.1 Å². The zero-order chi connectivity index (χ0) is 22.2. The highest BCUT2D eigenvalue weighted by atomic mass is 16.5. The normalized spacial score (nSPS) is 17.2. The zero-order valence-electron chi connectivity index (χ0n) is 18.7. The number of nitrogens with one attached hydrogen (secondary N) is 1. The van der Waals surface area contributed by atoms with Gasteiger partial charge in [0.05, 0.1) is 13.2 Å². The lowest BCUT2D eigenvalue weighted by atomic mass is 9.90. The molecule has 2 aliphatic rings. The first-order chi connectivity index (χ1) is 15.7. The molecule has 6 nitrogen and oxygen atoms in total. The van der Waals surface area contributed by atoms with Gasteiger partial charge < -0.3 is 19.9 Å². The Balaban J connectivity index is 1.18. The summed E-state index contributed by atoms with van der Waals surface area (Å²) in [7, 11) is 0. The quantitative estimate of drug-likeness (QED) is 0.757. The monoisotopic (exact) mass is 435 g/mol. The molecule has 32 heavy (non-hydrogen) atoms. The van der Waals surface area contributed by atoms with Crippen molar-refractivity contribution in [1.29, 1.82) is 0 Å². The van der Waals surface area contributed by atoms with Crippen LogP contribution in [0.3, 0.4) is 0 Å². The maximum atomic E-state index is 12.6.